The van der Waals surface area contributed by atoms with Crippen molar-refractivity contribution in [3.05, 3.63) is 62.5 Å². The van der Waals surface area contributed by atoms with Crippen LogP contribution in [0, 0.1) is 6.92 Å². The highest BCUT2D eigenvalue weighted by atomic mass is 35.5. The summed E-state index contributed by atoms with van der Waals surface area (Å²) in [5.41, 5.74) is 4.32. The molecule has 20 heavy (non-hydrogen) atoms. The Morgan fingerprint density at radius 1 is 1.30 bits per heavy atom. The Balaban J connectivity index is 1.93. The van der Waals surface area contributed by atoms with E-state index in [1.165, 1.54) is 11.1 Å². The van der Waals surface area contributed by atoms with Crippen LogP contribution in [0.1, 0.15) is 35.7 Å². The minimum atomic E-state index is -0.0296. The van der Waals surface area contributed by atoms with Gasteiger partial charge in [0.05, 0.1) is 16.8 Å². The number of aryl methyl sites for hydroxylation is 2. The largest absolute Gasteiger partial charge is 0.377 e. The molecule has 1 heterocycles. The molecule has 0 bridgehead atoms. The summed E-state index contributed by atoms with van der Waals surface area (Å²) in [6, 6.07) is 9.69. The monoisotopic (exact) mass is 288 g/mol. The fraction of sp³-hybridized carbons (Fsp3) is 0.312. The zero-order chi connectivity index (χ0) is 14.1. The Hall–Kier alpha value is -1.74. The second-order valence-corrected chi connectivity index (χ2v) is 5.74. The maximum Gasteiger partial charge on any atom is 0.248 e. The minimum Gasteiger partial charge on any atom is -0.377 e. The zero-order valence-corrected chi connectivity index (χ0v) is 12.1. The first-order chi connectivity index (χ1) is 9.63. The predicted octanol–water partition coefficient (Wildman–Crippen LogP) is 3.83. The van der Waals surface area contributed by atoms with Crippen LogP contribution in [0.15, 0.2) is 35.1 Å². The first-order valence-electron chi connectivity index (χ1n) is 6.88. The summed E-state index contributed by atoms with van der Waals surface area (Å²) in [5, 5.41) is 4.24. The second-order valence-electron chi connectivity index (χ2n) is 5.33. The van der Waals surface area contributed by atoms with Crippen molar-refractivity contribution < 1.29 is 0 Å². The van der Waals surface area contributed by atoms with Crippen molar-refractivity contribution in [2.45, 2.75) is 32.2 Å². The van der Waals surface area contributed by atoms with Crippen molar-refractivity contribution in [1.82, 2.24) is 4.98 Å². The van der Waals surface area contributed by atoms with Gasteiger partial charge in [0, 0.05) is 11.8 Å². The van der Waals surface area contributed by atoms with Gasteiger partial charge in [-0.3, -0.25) is 4.79 Å². The van der Waals surface area contributed by atoms with E-state index in [0.29, 0.717) is 0 Å². The zero-order valence-electron chi connectivity index (χ0n) is 11.4. The molecule has 1 unspecified atom stereocenters. The molecule has 2 aromatic rings. The Labute approximate surface area is 123 Å². The van der Waals surface area contributed by atoms with Gasteiger partial charge in [-0.15, -0.1) is 0 Å². The molecule has 0 spiro atoms. The Kier molecular flexibility index (Phi) is 3.53. The van der Waals surface area contributed by atoms with Crippen molar-refractivity contribution in [1.29, 1.82) is 0 Å². The fourth-order valence-electron chi connectivity index (χ4n) is 2.79. The van der Waals surface area contributed by atoms with Crippen molar-refractivity contribution >= 4 is 17.3 Å². The number of pyridine rings is 1. The van der Waals surface area contributed by atoms with Crippen molar-refractivity contribution in [2.75, 3.05) is 5.32 Å². The van der Waals surface area contributed by atoms with E-state index < -0.39 is 0 Å². The van der Waals surface area contributed by atoms with E-state index in [9.17, 15) is 4.79 Å². The highest BCUT2D eigenvalue weighted by molar-refractivity contribution is 6.33. The van der Waals surface area contributed by atoms with E-state index in [2.05, 4.69) is 16.4 Å². The lowest BCUT2D eigenvalue weighted by Crippen LogP contribution is -2.21. The average Bonchev–Trinajstić information content (AvgIpc) is 2.43. The lowest BCUT2D eigenvalue weighted by molar-refractivity contribution is 0.587. The molecule has 0 amide bonds. The number of benzene rings is 1. The smallest absolute Gasteiger partial charge is 0.248 e. The molecule has 3 rings (SSSR count). The van der Waals surface area contributed by atoms with E-state index in [1.807, 2.05) is 25.1 Å². The molecule has 2 N–H and O–H groups in total. The Bertz CT molecular complexity index is 693. The molecule has 104 valence electrons. The van der Waals surface area contributed by atoms with Gasteiger partial charge in [0.1, 0.15) is 0 Å². The van der Waals surface area contributed by atoms with Gasteiger partial charge >= 0.3 is 0 Å². The van der Waals surface area contributed by atoms with Crippen molar-refractivity contribution in [3.63, 3.8) is 0 Å². The molecule has 1 aliphatic rings. The normalized spacial score (nSPS) is 17.6. The van der Waals surface area contributed by atoms with Gasteiger partial charge < -0.3 is 10.3 Å². The van der Waals surface area contributed by atoms with Gasteiger partial charge in [0.25, 0.3) is 0 Å². The molecule has 0 saturated heterocycles. The minimum absolute atomic E-state index is 0.0296. The van der Waals surface area contributed by atoms with Crippen LogP contribution in [-0.2, 0) is 6.42 Å². The number of anilines is 1. The van der Waals surface area contributed by atoms with Gasteiger partial charge in [-0.2, -0.15) is 0 Å². The summed E-state index contributed by atoms with van der Waals surface area (Å²) in [4.78, 5) is 14.3. The summed E-state index contributed by atoms with van der Waals surface area (Å²) in [6.45, 7) is 2.05. The molecular formula is C16H17ClN2O. The van der Waals surface area contributed by atoms with Gasteiger partial charge in [-0.1, -0.05) is 17.7 Å². The van der Waals surface area contributed by atoms with E-state index in [0.717, 1.165) is 35.7 Å². The number of nitrogens with one attached hydrogen (secondary N) is 2. The van der Waals surface area contributed by atoms with E-state index in [1.54, 1.807) is 6.07 Å². The molecule has 1 aliphatic carbocycles. The summed E-state index contributed by atoms with van der Waals surface area (Å²) >= 11 is 6.25. The molecule has 0 saturated carbocycles. The number of hydrogen-bond donors (Lipinski definition) is 2. The summed E-state index contributed by atoms with van der Waals surface area (Å²) in [6.07, 6.45) is 3.04. The third kappa shape index (κ3) is 2.59. The third-order valence-electron chi connectivity index (χ3n) is 3.78. The summed E-state index contributed by atoms with van der Waals surface area (Å²) in [7, 11) is 0. The lowest BCUT2D eigenvalue weighted by Gasteiger charge is -2.27. The number of halogens is 1. The van der Waals surface area contributed by atoms with Gasteiger partial charge in [-0.05, 0) is 55.5 Å². The van der Waals surface area contributed by atoms with Gasteiger partial charge in [0.2, 0.25) is 5.56 Å². The first-order valence-corrected chi connectivity index (χ1v) is 7.26. The number of aromatic amines is 1. The SMILES string of the molecule is Cc1ccc(Cl)c(NC2CCCc3[nH]c(=O)ccc32)c1. The van der Waals surface area contributed by atoms with Crippen molar-refractivity contribution in [3.8, 4) is 0 Å². The quantitative estimate of drug-likeness (QED) is 0.882. The molecule has 0 aliphatic heterocycles. The van der Waals surface area contributed by atoms with E-state index in [4.69, 9.17) is 11.6 Å². The highest BCUT2D eigenvalue weighted by Gasteiger charge is 2.21. The lowest BCUT2D eigenvalue weighted by atomic mass is 9.91. The maximum atomic E-state index is 11.4. The standard InChI is InChI=1S/C16H17ClN2O/c1-10-5-7-12(17)15(9-10)18-13-3-2-4-14-11(13)6-8-16(20)19-14/h5-9,13,18H,2-4H2,1H3,(H,19,20). The third-order valence-corrected chi connectivity index (χ3v) is 4.11. The average molecular weight is 289 g/mol. The van der Waals surface area contributed by atoms with Crippen LogP contribution in [0.4, 0.5) is 5.69 Å². The molecule has 1 aromatic heterocycles. The van der Waals surface area contributed by atoms with E-state index in [-0.39, 0.29) is 11.6 Å². The molecule has 1 atom stereocenters. The Morgan fingerprint density at radius 2 is 2.15 bits per heavy atom. The molecule has 3 nitrogen and oxygen atoms in total. The number of rotatable bonds is 2. The molecule has 0 radical (unpaired) electrons. The van der Waals surface area contributed by atoms with Crippen LogP contribution in [-0.4, -0.2) is 4.98 Å². The van der Waals surface area contributed by atoms with Gasteiger partial charge in [0.15, 0.2) is 0 Å². The van der Waals surface area contributed by atoms with Crippen molar-refractivity contribution in [2.24, 2.45) is 0 Å². The van der Waals surface area contributed by atoms with Crippen LogP contribution in [0.25, 0.3) is 0 Å². The number of aromatic nitrogens is 1. The van der Waals surface area contributed by atoms with Crippen LogP contribution >= 0.6 is 11.6 Å². The molecule has 1 aromatic carbocycles. The van der Waals surface area contributed by atoms with Crippen LogP contribution < -0.4 is 10.9 Å². The van der Waals surface area contributed by atoms with Gasteiger partial charge in [-0.25, -0.2) is 0 Å². The van der Waals surface area contributed by atoms with Crippen LogP contribution in [0.3, 0.4) is 0 Å². The summed E-state index contributed by atoms with van der Waals surface area (Å²) in [5.74, 6) is 0. The highest BCUT2D eigenvalue weighted by Crippen LogP contribution is 2.33. The van der Waals surface area contributed by atoms with Crippen LogP contribution in [0.5, 0.6) is 0 Å². The maximum absolute atomic E-state index is 11.4. The number of H-pyrrole nitrogens is 1. The number of hydrogen-bond acceptors (Lipinski definition) is 2. The van der Waals surface area contributed by atoms with E-state index >= 15 is 0 Å². The second kappa shape index (κ2) is 5.33. The number of fused-ring (bicyclic) bond motifs is 1. The fourth-order valence-corrected chi connectivity index (χ4v) is 2.96. The van der Waals surface area contributed by atoms with Crippen LogP contribution in [0.2, 0.25) is 5.02 Å². The topological polar surface area (TPSA) is 44.9 Å². The first kappa shape index (κ1) is 13.3. The molecule has 0 fully saturated rings. The predicted molar refractivity (Wildman–Crippen MR) is 82.6 cm³/mol. The summed E-state index contributed by atoms with van der Waals surface area (Å²) < 4.78 is 0. The molecular weight excluding hydrogens is 272 g/mol. The molecule has 4 heteroatoms. The Morgan fingerprint density at radius 3 is 3.00 bits per heavy atom.